The van der Waals surface area contributed by atoms with Gasteiger partial charge in [-0.25, -0.2) is 13.2 Å². The summed E-state index contributed by atoms with van der Waals surface area (Å²) in [5, 5.41) is 6.87. The molecule has 1 atom stereocenters. The van der Waals surface area contributed by atoms with Crippen LogP contribution in [0, 0.1) is 0 Å². The van der Waals surface area contributed by atoms with Crippen LogP contribution in [0.1, 0.15) is 48.7 Å². The van der Waals surface area contributed by atoms with Crippen molar-refractivity contribution in [3.05, 3.63) is 35.5 Å². The molecule has 0 aliphatic carbocycles. The average Bonchev–Trinajstić information content (AvgIpc) is 3.08. The predicted molar refractivity (Wildman–Crippen MR) is 97.1 cm³/mol. The van der Waals surface area contributed by atoms with Crippen molar-refractivity contribution in [1.82, 2.24) is 10.2 Å². The molecule has 2 N–H and O–H groups in total. The number of nitrogens with zero attached hydrogens (tertiary/aromatic N) is 1. The third-order valence-electron chi connectivity index (χ3n) is 3.96. The molecule has 0 aliphatic heterocycles. The Kier molecular flexibility index (Phi) is 6.25. The molecule has 2 aromatic rings. The molecule has 0 bridgehead atoms. The Labute approximate surface area is 153 Å². The van der Waals surface area contributed by atoms with E-state index in [0.29, 0.717) is 0 Å². The lowest BCUT2D eigenvalue weighted by atomic mass is 10.0. The number of rotatable bonds is 8. The SMILES string of the molecule is CCCC(C)c1cc(NS(=O)(=O)c2ccc(C(=O)OC)cc2OC)n[nH]1. The maximum absolute atomic E-state index is 12.7. The fourth-order valence-electron chi connectivity index (χ4n) is 2.56. The zero-order chi connectivity index (χ0) is 19.3. The predicted octanol–water partition coefficient (Wildman–Crippen LogP) is 2.91. The van der Waals surface area contributed by atoms with Gasteiger partial charge in [0.15, 0.2) is 5.82 Å². The van der Waals surface area contributed by atoms with Crippen LogP contribution in [0.5, 0.6) is 5.75 Å². The molecule has 1 unspecified atom stereocenters. The molecule has 0 fully saturated rings. The van der Waals surface area contributed by atoms with Crippen LogP contribution in [0.15, 0.2) is 29.2 Å². The summed E-state index contributed by atoms with van der Waals surface area (Å²) in [4.78, 5) is 11.5. The highest BCUT2D eigenvalue weighted by Crippen LogP contribution is 2.28. The van der Waals surface area contributed by atoms with E-state index in [0.717, 1.165) is 18.5 Å². The van der Waals surface area contributed by atoms with Crippen molar-refractivity contribution < 1.29 is 22.7 Å². The molecule has 0 saturated carbocycles. The Hall–Kier alpha value is -2.55. The van der Waals surface area contributed by atoms with E-state index in [9.17, 15) is 13.2 Å². The summed E-state index contributed by atoms with van der Waals surface area (Å²) in [7, 11) is -1.37. The molecule has 0 amide bonds. The summed E-state index contributed by atoms with van der Waals surface area (Å²) in [6.45, 7) is 4.13. The maximum Gasteiger partial charge on any atom is 0.337 e. The van der Waals surface area contributed by atoms with Crippen LogP contribution < -0.4 is 9.46 Å². The molecule has 1 aromatic heterocycles. The third-order valence-corrected chi connectivity index (χ3v) is 5.36. The Bertz CT molecular complexity index is 876. The Morgan fingerprint density at radius 2 is 2.04 bits per heavy atom. The van der Waals surface area contributed by atoms with Gasteiger partial charge in [0.1, 0.15) is 10.6 Å². The number of carbonyl (C=O) groups excluding carboxylic acids is 1. The number of ether oxygens (including phenoxy) is 2. The van der Waals surface area contributed by atoms with E-state index in [2.05, 4.69) is 26.6 Å². The molecule has 0 spiro atoms. The highest BCUT2D eigenvalue weighted by atomic mass is 32.2. The van der Waals surface area contributed by atoms with Gasteiger partial charge >= 0.3 is 5.97 Å². The number of aromatic nitrogens is 2. The van der Waals surface area contributed by atoms with Crippen molar-refractivity contribution >= 4 is 21.8 Å². The number of aromatic amines is 1. The number of methoxy groups -OCH3 is 2. The summed E-state index contributed by atoms with van der Waals surface area (Å²) in [5.74, 6) is -0.0979. The number of H-pyrrole nitrogens is 1. The van der Waals surface area contributed by atoms with Gasteiger partial charge in [0.05, 0.1) is 19.8 Å². The third kappa shape index (κ3) is 4.34. The van der Waals surface area contributed by atoms with Crippen LogP contribution in [0.25, 0.3) is 0 Å². The number of nitrogens with one attached hydrogen (secondary N) is 2. The average molecular weight is 381 g/mol. The van der Waals surface area contributed by atoms with Gasteiger partial charge in [-0.2, -0.15) is 5.10 Å². The van der Waals surface area contributed by atoms with E-state index in [4.69, 9.17) is 4.74 Å². The second-order valence-corrected chi connectivity index (χ2v) is 7.51. The molecule has 9 heteroatoms. The molecule has 0 saturated heterocycles. The van der Waals surface area contributed by atoms with Crippen LogP contribution in [-0.4, -0.2) is 38.8 Å². The number of carbonyl (C=O) groups is 1. The Balaban J connectivity index is 2.29. The van der Waals surface area contributed by atoms with Crippen molar-refractivity contribution in [2.45, 2.75) is 37.5 Å². The summed E-state index contributed by atoms with van der Waals surface area (Å²) >= 11 is 0. The lowest BCUT2D eigenvalue weighted by Crippen LogP contribution is -2.15. The van der Waals surface area contributed by atoms with E-state index < -0.39 is 16.0 Å². The zero-order valence-corrected chi connectivity index (χ0v) is 16.0. The largest absolute Gasteiger partial charge is 0.495 e. The number of hydrogen-bond donors (Lipinski definition) is 2. The molecular formula is C17H23N3O5S. The van der Waals surface area contributed by atoms with Gasteiger partial charge in [-0.3, -0.25) is 9.82 Å². The van der Waals surface area contributed by atoms with E-state index in [1.54, 1.807) is 6.07 Å². The first kappa shape index (κ1) is 19.8. The van der Waals surface area contributed by atoms with Crippen molar-refractivity contribution in [1.29, 1.82) is 0 Å². The van der Waals surface area contributed by atoms with Crippen molar-refractivity contribution in [3.8, 4) is 5.75 Å². The minimum Gasteiger partial charge on any atom is -0.495 e. The van der Waals surface area contributed by atoms with E-state index in [1.165, 1.54) is 32.4 Å². The lowest BCUT2D eigenvalue weighted by Gasteiger charge is -2.11. The van der Waals surface area contributed by atoms with Crippen molar-refractivity contribution in [2.75, 3.05) is 18.9 Å². The summed E-state index contributed by atoms with van der Waals surface area (Å²) in [5.41, 5.74) is 1.05. The van der Waals surface area contributed by atoms with Crippen LogP contribution in [-0.2, 0) is 14.8 Å². The Morgan fingerprint density at radius 3 is 2.65 bits per heavy atom. The van der Waals surface area contributed by atoms with Crippen LogP contribution in [0.3, 0.4) is 0 Å². The molecule has 2 rings (SSSR count). The first-order valence-corrected chi connectivity index (χ1v) is 9.65. The number of benzene rings is 1. The normalized spacial score (nSPS) is 12.5. The van der Waals surface area contributed by atoms with Gasteiger partial charge in [0.2, 0.25) is 0 Å². The van der Waals surface area contributed by atoms with Gasteiger partial charge < -0.3 is 9.47 Å². The van der Waals surface area contributed by atoms with Gasteiger partial charge in [0, 0.05) is 11.8 Å². The molecule has 26 heavy (non-hydrogen) atoms. The van der Waals surface area contributed by atoms with Gasteiger partial charge in [0.25, 0.3) is 10.0 Å². The second-order valence-electron chi connectivity index (χ2n) is 5.86. The quantitative estimate of drug-likeness (QED) is 0.680. The smallest absolute Gasteiger partial charge is 0.337 e. The molecule has 1 heterocycles. The van der Waals surface area contributed by atoms with Gasteiger partial charge in [-0.05, 0) is 30.5 Å². The number of esters is 1. The monoisotopic (exact) mass is 381 g/mol. The van der Waals surface area contributed by atoms with E-state index in [-0.39, 0.29) is 27.9 Å². The number of sulfonamides is 1. The van der Waals surface area contributed by atoms with Crippen molar-refractivity contribution in [2.24, 2.45) is 0 Å². The summed E-state index contributed by atoms with van der Waals surface area (Å²) < 4.78 is 37.5. The molecule has 0 radical (unpaired) electrons. The van der Waals surface area contributed by atoms with Crippen LogP contribution in [0.4, 0.5) is 5.82 Å². The fourth-order valence-corrected chi connectivity index (χ4v) is 3.70. The summed E-state index contributed by atoms with van der Waals surface area (Å²) in [6.07, 6.45) is 1.99. The standard InChI is InChI=1S/C17H23N3O5S/c1-5-6-11(2)13-10-16(19-18-13)20-26(22,23)15-8-7-12(17(21)25-4)9-14(15)24-3/h7-11H,5-6H2,1-4H3,(H2,18,19,20). The van der Waals surface area contributed by atoms with Crippen LogP contribution >= 0.6 is 0 Å². The molecule has 8 nitrogen and oxygen atoms in total. The van der Waals surface area contributed by atoms with E-state index in [1.807, 2.05) is 6.92 Å². The van der Waals surface area contributed by atoms with Crippen LogP contribution in [0.2, 0.25) is 0 Å². The van der Waals surface area contributed by atoms with E-state index >= 15 is 0 Å². The molecule has 142 valence electrons. The molecule has 0 aliphatic rings. The van der Waals surface area contributed by atoms with Gasteiger partial charge in [-0.1, -0.05) is 20.3 Å². The first-order valence-electron chi connectivity index (χ1n) is 8.16. The zero-order valence-electron chi connectivity index (χ0n) is 15.2. The minimum absolute atomic E-state index is 0.0375. The van der Waals surface area contributed by atoms with Gasteiger partial charge in [-0.15, -0.1) is 0 Å². The summed E-state index contributed by atoms with van der Waals surface area (Å²) in [6, 6.07) is 5.65. The topological polar surface area (TPSA) is 110 Å². The number of hydrogen-bond acceptors (Lipinski definition) is 6. The lowest BCUT2D eigenvalue weighted by molar-refractivity contribution is 0.0600. The second kappa shape index (κ2) is 8.22. The first-order chi connectivity index (χ1) is 12.3. The molecular weight excluding hydrogens is 358 g/mol. The minimum atomic E-state index is -3.94. The number of anilines is 1. The highest BCUT2D eigenvalue weighted by molar-refractivity contribution is 7.92. The highest BCUT2D eigenvalue weighted by Gasteiger charge is 2.23. The Morgan fingerprint density at radius 1 is 1.31 bits per heavy atom. The molecule has 1 aromatic carbocycles. The van der Waals surface area contributed by atoms with Crippen molar-refractivity contribution in [3.63, 3.8) is 0 Å². The fraction of sp³-hybridized carbons (Fsp3) is 0.412. The maximum atomic E-state index is 12.7.